The fraction of sp³-hybridized carbons (Fsp3) is 0.625. The van der Waals surface area contributed by atoms with Crippen LogP contribution in [0.2, 0.25) is 18.1 Å². The molecule has 0 radical (unpaired) electrons. The maximum Gasteiger partial charge on any atom is 0.240 e. The van der Waals surface area contributed by atoms with Crippen molar-refractivity contribution in [2.45, 2.75) is 76.0 Å². The molecule has 3 aliphatic heterocycles. The van der Waals surface area contributed by atoms with Crippen LogP contribution in [0.5, 0.6) is 0 Å². The first-order valence-electron chi connectivity index (χ1n) is 11.5. The van der Waals surface area contributed by atoms with Crippen LogP contribution in [0.4, 0.5) is 5.69 Å². The van der Waals surface area contributed by atoms with Gasteiger partial charge in [0.2, 0.25) is 11.8 Å². The van der Waals surface area contributed by atoms with Crippen molar-refractivity contribution in [3.63, 3.8) is 0 Å². The monoisotopic (exact) mass is 488 g/mol. The van der Waals surface area contributed by atoms with Crippen molar-refractivity contribution in [1.29, 1.82) is 0 Å². The van der Waals surface area contributed by atoms with Gasteiger partial charge in [-0.3, -0.25) is 9.59 Å². The van der Waals surface area contributed by atoms with Crippen LogP contribution in [0.3, 0.4) is 0 Å². The van der Waals surface area contributed by atoms with Crippen LogP contribution < -0.4 is 4.90 Å². The molecule has 3 saturated heterocycles. The number of aliphatic hydroxyl groups excluding tert-OH is 1. The van der Waals surface area contributed by atoms with Crippen LogP contribution in [0.1, 0.15) is 40.5 Å². The third kappa shape index (κ3) is 3.20. The van der Waals surface area contributed by atoms with Crippen LogP contribution in [0.25, 0.3) is 10.2 Å². The second-order valence-electron chi connectivity index (χ2n) is 11.4. The topological polar surface area (TPSA) is 89.0 Å². The third-order valence-corrected chi connectivity index (χ3v) is 13.8. The summed E-state index contributed by atoms with van der Waals surface area (Å²) in [5, 5.41) is 11.0. The van der Waals surface area contributed by atoms with Gasteiger partial charge < -0.3 is 14.3 Å². The highest BCUT2D eigenvalue weighted by atomic mass is 32.1. The summed E-state index contributed by atoms with van der Waals surface area (Å²) < 4.78 is 13.7. The number of fused-ring (bicyclic) bond motifs is 6. The van der Waals surface area contributed by atoms with Gasteiger partial charge in [-0.25, -0.2) is 9.88 Å². The first-order valence-corrected chi connectivity index (χ1v) is 15.3. The molecule has 33 heavy (non-hydrogen) atoms. The number of ether oxygens (including phenoxy) is 1. The Hall–Kier alpha value is -1.65. The molecule has 1 aromatic carbocycles. The van der Waals surface area contributed by atoms with E-state index in [1.54, 1.807) is 18.5 Å². The molecule has 178 valence electrons. The summed E-state index contributed by atoms with van der Waals surface area (Å²) in [6, 6.07) is 5.45. The number of hydrogen-bond acceptors (Lipinski definition) is 7. The quantitative estimate of drug-likeness (QED) is 0.503. The van der Waals surface area contributed by atoms with E-state index in [2.05, 4.69) is 38.8 Å². The lowest BCUT2D eigenvalue weighted by Gasteiger charge is -2.38. The number of aromatic nitrogens is 1. The Balaban J connectivity index is 1.45. The molecule has 7 nitrogen and oxygen atoms in total. The molecule has 2 bridgehead atoms. The molecule has 0 saturated carbocycles. The van der Waals surface area contributed by atoms with E-state index in [9.17, 15) is 14.7 Å². The van der Waals surface area contributed by atoms with Crippen LogP contribution >= 0.6 is 11.3 Å². The highest BCUT2D eigenvalue weighted by Gasteiger charge is 2.76. The summed E-state index contributed by atoms with van der Waals surface area (Å²) in [6.07, 6.45) is 0.0210. The normalized spacial score (nSPS) is 34.0. The SMILES string of the molecule is CC12OC(CCO[Si](C)(C)C(C)(C)C)(C[C@@H]1O)[C@H]1C(=O)N(c3ccc4ncsc4c3)C(=O)[C@H]12. The zero-order chi connectivity index (χ0) is 24.0. The number of carbonyl (C=O) groups is 2. The fourth-order valence-electron chi connectivity index (χ4n) is 5.56. The van der Waals surface area contributed by atoms with Crippen molar-refractivity contribution in [1.82, 2.24) is 4.98 Å². The van der Waals surface area contributed by atoms with E-state index in [-0.39, 0.29) is 16.9 Å². The minimum Gasteiger partial charge on any atom is -0.417 e. The third-order valence-electron chi connectivity index (χ3n) is 8.48. The van der Waals surface area contributed by atoms with Gasteiger partial charge >= 0.3 is 0 Å². The van der Waals surface area contributed by atoms with Gasteiger partial charge in [0.1, 0.15) is 5.60 Å². The molecule has 5 atom stereocenters. The van der Waals surface area contributed by atoms with Crippen molar-refractivity contribution < 1.29 is 23.9 Å². The molecule has 5 rings (SSSR count). The van der Waals surface area contributed by atoms with E-state index in [1.807, 2.05) is 12.1 Å². The summed E-state index contributed by atoms with van der Waals surface area (Å²) in [6.45, 7) is 13.2. The average molecular weight is 489 g/mol. The predicted molar refractivity (Wildman–Crippen MR) is 130 cm³/mol. The number of anilines is 1. The van der Waals surface area contributed by atoms with Crippen molar-refractivity contribution in [2.75, 3.05) is 11.5 Å². The Morgan fingerprint density at radius 3 is 2.67 bits per heavy atom. The van der Waals surface area contributed by atoms with Gasteiger partial charge in [0.25, 0.3) is 0 Å². The van der Waals surface area contributed by atoms with Gasteiger partial charge in [0.05, 0.1) is 45.0 Å². The number of rotatable bonds is 5. The molecule has 2 aromatic rings. The predicted octanol–water partition coefficient (Wildman–Crippen LogP) is 4.11. The molecule has 1 N–H and O–H groups in total. The molecule has 3 fully saturated rings. The van der Waals surface area contributed by atoms with Gasteiger partial charge in [-0.2, -0.15) is 0 Å². The van der Waals surface area contributed by atoms with Crippen molar-refractivity contribution >= 4 is 47.4 Å². The van der Waals surface area contributed by atoms with E-state index < -0.39 is 37.5 Å². The Labute approximate surface area is 199 Å². The molecule has 2 amide bonds. The molecule has 3 aliphatic rings. The number of hydrogen-bond donors (Lipinski definition) is 1. The lowest BCUT2D eigenvalue weighted by atomic mass is 9.66. The fourth-order valence-corrected chi connectivity index (χ4v) is 7.31. The number of amides is 2. The summed E-state index contributed by atoms with van der Waals surface area (Å²) in [7, 11) is -1.98. The van der Waals surface area contributed by atoms with Crippen LogP contribution in [0.15, 0.2) is 23.7 Å². The van der Waals surface area contributed by atoms with Gasteiger partial charge in [-0.05, 0) is 49.7 Å². The maximum atomic E-state index is 13.7. The Morgan fingerprint density at radius 1 is 1.27 bits per heavy atom. The Bertz CT molecular complexity index is 1140. The van der Waals surface area contributed by atoms with Gasteiger partial charge in [0, 0.05) is 13.0 Å². The zero-order valence-electron chi connectivity index (χ0n) is 20.0. The molecular formula is C24H32N2O5SSi. The standard InChI is InChI=1S/C24H32N2O5SSi/c1-22(2,3)33(5,6)30-10-9-24-12-17(27)23(4,31-24)18-19(24)21(29)26(20(18)28)14-7-8-15-16(11-14)32-13-25-15/h7-8,11,13,17-19,27H,9-10,12H2,1-6H3/t17-,18-,19+,23?,24?/m0/s1. The van der Waals surface area contributed by atoms with Crippen molar-refractivity contribution in [3.05, 3.63) is 23.7 Å². The molecule has 0 spiro atoms. The summed E-state index contributed by atoms with van der Waals surface area (Å²) in [4.78, 5) is 32.9. The Kier molecular flexibility index (Phi) is 5.02. The van der Waals surface area contributed by atoms with E-state index >= 15 is 0 Å². The van der Waals surface area contributed by atoms with Gasteiger partial charge in [0.15, 0.2) is 8.32 Å². The van der Waals surface area contributed by atoms with Crippen molar-refractivity contribution in [3.8, 4) is 0 Å². The molecule has 4 heterocycles. The highest BCUT2D eigenvalue weighted by Crippen LogP contribution is 2.62. The van der Waals surface area contributed by atoms with Gasteiger partial charge in [-0.15, -0.1) is 11.3 Å². The Morgan fingerprint density at radius 2 is 1.97 bits per heavy atom. The first kappa shape index (κ1) is 23.1. The number of nitrogens with zero attached hydrogens (tertiary/aromatic N) is 2. The summed E-state index contributed by atoms with van der Waals surface area (Å²) in [5.74, 6) is -1.84. The summed E-state index contributed by atoms with van der Waals surface area (Å²) >= 11 is 1.47. The van der Waals surface area contributed by atoms with E-state index in [0.29, 0.717) is 25.1 Å². The second kappa shape index (κ2) is 7.18. The largest absolute Gasteiger partial charge is 0.417 e. The highest BCUT2D eigenvalue weighted by molar-refractivity contribution is 7.16. The second-order valence-corrected chi connectivity index (χ2v) is 17.1. The van der Waals surface area contributed by atoms with E-state index in [1.165, 1.54) is 16.2 Å². The van der Waals surface area contributed by atoms with Crippen LogP contribution in [-0.4, -0.2) is 54.1 Å². The smallest absolute Gasteiger partial charge is 0.240 e. The molecule has 9 heteroatoms. The maximum absolute atomic E-state index is 13.7. The number of benzene rings is 1. The minimum atomic E-state index is -1.98. The van der Waals surface area contributed by atoms with Crippen molar-refractivity contribution in [2.24, 2.45) is 11.8 Å². The lowest BCUT2D eigenvalue weighted by molar-refractivity contribution is -0.134. The van der Waals surface area contributed by atoms with Crippen LogP contribution in [0, 0.1) is 11.8 Å². The number of thiazole rings is 1. The minimum absolute atomic E-state index is 0.0681. The molecular weight excluding hydrogens is 456 g/mol. The first-order chi connectivity index (χ1) is 15.3. The lowest BCUT2D eigenvalue weighted by Crippen LogP contribution is -2.50. The molecule has 0 aliphatic carbocycles. The van der Waals surface area contributed by atoms with Crippen LogP contribution in [-0.2, 0) is 18.8 Å². The number of carbonyl (C=O) groups excluding carboxylic acids is 2. The van der Waals surface area contributed by atoms with E-state index in [4.69, 9.17) is 9.16 Å². The number of imide groups is 1. The van der Waals surface area contributed by atoms with E-state index in [0.717, 1.165) is 10.2 Å². The molecule has 2 unspecified atom stereocenters. The van der Waals surface area contributed by atoms with Gasteiger partial charge in [-0.1, -0.05) is 20.8 Å². The zero-order valence-corrected chi connectivity index (χ0v) is 21.9. The summed E-state index contributed by atoms with van der Waals surface area (Å²) in [5.41, 5.74) is 1.18. The average Bonchev–Trinajstić information content (AvgIpc) is 3.40. The molecule has 1 aromatic heterocycles. The number of aliphatic hydroxyl groups is 1.